The molecule has 52 heavy (non-hydrogen) atoms. The Hall–Kier alpha value is -5.29. The summed E-state index contributed by atoms with van der Waals surface area (Å²) >= 11 is 0. The number of hydrogen-bond acceptors (Lipinski definition) is 6. The van der Waals surface area contributed by atoms with Gasteiger partial charge in [-0.2, -0.15) is 5.10 Å². The van der Waals surface area contributed by atoms with E-state index in [9.17, 15) is 13.2 Å². The lowest BCUT2D eigenvalue weighted by molar-refractivity contribution is 0.0204. The zero-order valence-electron chi connectivity index (χ0n) is 30.0. The number of aromatic nitrogens is 4. The van der Waals surface area contributed by atoms with E-state index in [0.717, 1.165) is 16.7 Å². The third-order valence-electron chi connectivity index (χ3n) is 9.70. The van der Waals surface area contributed by atoms with Gasteiger partial charge in [-0.15, -0.1) is 0 Å². The summed E-state index contributed by atoms with van der Waals surface area (Å²) in [5.41, 5.74) is 4.97. The second-order valence-corrected chi connectivity index (χ2v) is 16.3. The number of aryl methyl sites for hydroxylation is 1. The normalized spacial score (nSPS) is 14.8. The molecule has 4 heterocycles. The number of nitrogens with zero attached hydrogens (tertiary/aromatic N) is 5. The van der Waals surface area contributed by atoms with Crippen LogP contribution in [0, 0.1) is 12.7 Å². The maximum Gasteiger partial charge on any atom is 0.410 e. The van der Waals surface area contributed by atoms with Crippen molar-refractivity contribution in [2.24, 2.45) is 0 Å². The molecule has 1 fully saturated rings. The second kappa shape index (κ2) is 13.7. The fourth-order valence-corrected chi connectivity index (χ4v) is 8.11. The maximum absolute atomic E-state index is 15.8. The summed E-state index contributed by atoms with van der Waals surface area (Å²) in [5.74, 6) is -0.361. The van der Waals surface area contributed by atoms with Crippen LogP contribution in [0.15, 0.2) is 109 Å². The van der Waals surface area contributed by atoms with Crippen LogP contribution in [0.1, 0.15) is 69.2 Å². The summed E-state index contributed by atoms with van der Waals surface area (Å²) in [7, 11) is -4.01. The van der Waals surface area contributed by atoms with E-state index in [2.05, 4.69) is 17.0 Å². The van der Waals surface area contributed by atoms with E-state index < -0.39 is 15.6 Å². The number of piperidine rings is 1. The topological polar surface area (TPSA) is 99.3 Å². The highest BCUT2D eigenvalue weighted by molar-refractivity contribution is 7.90. The van der Waals surface area contributed by atoms with Crippen LogP contribution in [0.2, 0.25) is 0 Å². The van der Waals surface area contributed by atoms with Crippen LogP contribution < -0.4 is 0 Å². The lowest BCUT2D eigenvalue weighted by atomic mass is 9.88. The van der Waals surface area contributed by atoms with E-state index in [1.165, 1.54) is 10.0 Å². The molecule has 1 atom stereocenters. The monoisotopic (exact) mass is 719 g/mol. The Balaban J connectivity index is 1.23. The van der Waals surface area contributed by atoms with Crippen molar-refractivity contribution in [3.63, 3.8) is 0 Å². The predicted octanol–water partition coefficient (Wildman–Crippen LogP) is 8.98. The Labute approximate surface area is 303 Å². The molecule has 6 aromatic rings. The number of fused-ring (bicyclic) bond motifs is 1. The number of likely N-dealkylation sites (tertiary alicyclic amines) is 1. The fourth-order valence-electron chi connectivity index (χ4n) is 6.78. The van der Waals surface area contributed by atoms with Gasteiger partial charge in [-0.3, -0.25) is 4.68 Å². The van der Waals surface area contributed by atoms with Crippen LogP contribution in [-0.4, -0.2) is 56.8 Å². The van der Waals surface area contributed by atoms with Gasteiger partial charge >= 0.3 is 6.09 Å². The highest BCUT2D eigenvalue weighted by atomic mass is 32.2. The van der Waals surface area contributed by atoms with E-state index in [4.69, 9.17) is 4.74 Å². The van der Waals surface area contributed by atoms with Crippen LogP contribution in [0.5, 0.6) is 0 Å². The molecule has 1 aliphatic rings. The lowest BCUT2D eigenvalue weighted by Gasteiger charge is -2.33. The molecule has 9 nitrogen and oxygen atoms in total. The Morgan fingerprint density at radius 1 is 0.904 bits per heavy atom. The first-order chi connectivity index (χ1) is 24.8. The van der Waals surface area contributed by atoms with Crippen molar-refractivity contribution in [3.05, 3.63) is 126 Å². The van der Waals surface area contributed by atoms with Crippen LogP contribution >= 0.6 is 0 Å². The van der Waals surface area contributed by atoms with E-state index in [1.54, 1.807) is 47.8 Å². The predicted molar refractivity (Wildman–Crippen MR) is 200 cm³/mol. The first-order valence-corrected chi connectivity index (χ1v) is 18.9. The molecule has 3 aromatic heterocycles. The number of ether oxygens (including phenoxy) is 1. The third kappa shape index (κ3) is 6.97. The summed E-state index contributed by atoms with van der Waals surface area (Å²) < 4.78 is 52.5. The average molecular weight is 720 g/mol. The molecule has 0 saturated carbocycles. The number of rotatable bonds is 7. The second-order valence-electron chi connectivity index (χ2n) is 14.5. The molecule has 7 rings (SSSR count). The van der Waals surface area contributed by atoms with E-state index >= 15 is 4.39 Å². The van der Waals surface area contributed by atoms with Gasteiger partial charge in [-0.1, -0.05) is 60.2 Å². The summed E-state index contributed by atoms with van der Waals surface area (Å²) in [4.78, 5) is 19.1. The van der Waals surface area contributed by atoms with E-state index in [-0.39, 0.29) is 34.4 Å². The number of carbonyl (C=O) groups excluding carboxylic acids is 1. The van der Waals surface area contributed by atoms with Crippen molar-refractivity contribution in [3.8, 4) is 22.3 Å². The number of benzene rings is 3. The molecule has 0 bridgehead atoms. The molecule has 1 aliphatic heterocycles. The van der Waals surface area contributed by atoms with Crippen molar-refractivity contribution in [2.75, 3.05) is 13.1 Å². The molecular formula is C41H42FN5O4S. The van der Waals surface area contributed by atoms with Crippen molar-refractivity contribution < 1.29 is 22.3 Å². The van der Waals surface area contributed by atoms with Crippen molar-refractivity contribution in [1.82, 2.24) is 23.6 Å². The van der Waals surface area contributed by atoms with E-state index in [1.807, 2.05) is 87.1 Å². The maximum atomic E-state index is 15.8. The quantitative estimate of drug-likeness (QED) is 0.163. The molecular weight excluding hydrogens is 678 g/mol. The van der Waals surface area contributed by atoms with Crippen molar-refractivity contribution in [2.45, 2.75) is 69.9 Å². The Morgan fingerprint density at radius 3 is 2.29 bits per heavy atom. The first-order valence-electron chi connectivity index (χ1n) is 17.5. The molecule has 3 aromatic carbocycles. The summed E-state index contributed by atoms with van der Waals surface area (Å²) in [5, 5.41) is 5.25. The van der Waals surface area contributed by atoms with Crippen molar-refractivity contribution in [1.29, 1.82) is 0 Å². The molecule has 1 unspecified atom stereocenters. The summed E-state index contributed by atoms with van der Waals surface area (Å²) in [6.45, 7) is 10.5. The molecule has 268 valence electrons. The van der Waals surface area contributed by atoms with Crippen molar-refractivity contribution >= 4 is 27.1 Å². The molecule has 11 heteroatoms. The smallest absolute Gasteiger partial charge is 0.410 e. The molecule has 1 saturated heterocycles. The minimum atomic E-state index is -4.01. The first kappa shape index (κ1) is 35.1. The zero-order chi connectivity index (χ0) is 36.8. The minimum absolute atomic E-state index is 0.0317. The molecule has 1 amide bonds. The van der Waals surface area contributed by atoms with Crippen LogP contribution in [-0.2, 0) is 14.8 Å². The standard InChI is InChI=1S/C41H42FN5O4S/c1-27-11-14-34(15-12-27)52(49,50)47-26-37(33-24-44-46(25-33)28(2)29-9-7-6-8-10-29)36-21-32(23-43-39(36)47)31-13-16-35(38(42)22-31)30-17-19-45(20-18-30)40(48)51-41(3,4)5/h6-16,21-26,28,30H,17-20H2,1-5H3. The van der Waals surface area contributed by atoms with Gasteiger partial charge in [0.25, 0.3) is 10.0 Å². The van der Waals surface area contributed by atoms with Gasteiger partial charge in [0.2, 0.25) is 0 Å². The highest BCUT2D eigenvalue weighted by Crippen LogP contribution is 2.37. The zero-order valence-corrected chi connectivity index (χ0v) is 30.8. The average Bonchev–Trinajstić information content (AvgIpc) is 3.77. The highest BCUT2D eigenvalue weighted by Gasteiger charge is 2.29. The van der Waals surface area contributed by atoms with Gasteiger partial charge < -0.3 is 9.64 Å². The number of halogens is 1. The van der Waals surface area contributed by atoms with Crippen LogP contribution in [0.25, 0.3) is 33.3 Å². The van der Waals surface area contributed by atoms with Crippen LogP contribution in [0.3, 0.4) is 0 Å². The number of carbonyl (C=O) groups is 1. The largest absolute Gasteiger partial charge is 0.444 e. The van der Waals surface area contributed by atoms with Gasteiger partial charge in [0, 0.05) is 53.8 Å². The fraction of sp³-hybridized carbons (Fsp3) is 0.293. The number of amides is 1. The molecule has 0 spiro atoms. The van der Waals surface area contributed by atoms with Gasteiger partial charge in [0.1, 0.15) is 11.4 Å². The number of pyridine rings is 1. The van der Waals surface area contributed by atoms with E-state index in [0.29, 0.717) is 53.6 Å². The van der Waals surface area contributed by atoms with Crippen LogP contribution in [0.4, 0.5) is 9.18 Å². The number of hydrogen-bond donors (Lipinski definition) is 0. The van der Waals surface area contributed by atoms with Gasteiger partial charge in [-0.05, 0) is 94.3 Å². The lowest BCUT2D eigenvalue weighted by Crippen LogP contribution is -2.41. The van der Waals surface area contributed by atoms with Gasteiger partial charge in [-0.25, -0.2) is 26.6 Å². The third-order valence-corrected chi connectivity index (χ3v) is 11.4. The van der Waals surface area contributed by atoms with Gasteiger partial charge in [0.05, 0.1) is 17.1 Å². The molecule has 0 radical (unpaired) electrons. The Bertz CT molecular complexity index is 2350. The summed E-state index contributed by atoms with van der Waals surface area (Å²) in [6.07, 6.45) is 7.73. The summed E-state index contributed by atoms with van der Waals surface area (Å²) in [6, 6.07) is 23.7. The molecule has 0 aliphatic carbocycles. The minimum Gasteiger partial charge on any atom is -0.444 e. The molecule has 0 N–H and O–H groups in total. The SMILES string of the molecule is Cc1ccc(S(=O)(=O)n2cc(-c3cnn(C(C)c4ccccc4)c3)c3cc(-c4ccc(C5CCN(C(=O)OC(C)(C)C)CC5)c(F)c4)cnc32)cc1. The Kier molecular flexibility index (Phi) is 9.25. The Morgan fingerprint density at radius 2 is 1.62 bits per heavy atom. The van der Waals surface area contributed by atoms with Gasteiger partial charge in [0.15, 0.2) is 5.65 Å².